The molecule has 0 radical (unpaired) electrons. The fourth-order valence-electron chi connectivity index (χ4n) is 7.88. The van der Waals surface area contributed by atoms with Gasteiger partial charge in [0.05, 0.1) is 12.1 Å². The second-order valence-electron chi connectivity index (χ2n) is 11.4. The molecule has 1 saturated heterocycles. The van der Waals surface area contributed by atoms with Crippen molar-refractivity contribution in [2.24, 2.45) is 28.6 Å². The van der Waals surface area contributed by atoms with Crippen molar-refractivity contribution < 1.29 is 73.8 Å². The van der Waals surface area contributed by atoms with Gasteiger partial charge < -0.3 is 34.7 Å². The minimum absolute atomic E-state index is 0. The van der Waals surface area contributed by atoms with Crippen molar-refractivity contribution in [3.8, 4) is 0 Å². The first-order valence-corrected chi connectivity index (χ1v) is 12.3. The van der Waals surface area contributed by atoms with Crippen molar-refractivity contribution in [3.05, 3.63) is 11.6 Å². The van der Waals surface area contributed by atoms with Crippen molar-refractivity contribution in [2.45, 2.75) is 95.6 Å². The molecule has 0 bridgehead atoms. The van der Waals surface area contributed by atoms with Gasteiger partial charge in [-0.15, -0.1) is 0 Å². The predicted octanol–water partition coefficient (Wildman–Crippen LogP) is -3.36. The van der Waals surface area contributed by atoms with E-state index in [1.807, 2.05) is 6.92 Å². The largest absolute Gasteiger partial charge is 1.00 e. The number of aliphatic hydroxyl groups excluding tert-OH is 3. The van der Waals surface area contributed by atoms with Gasteiger partial charge in [0.15, 0.2) is 12.1 Å². The molecule has 5 aliphatic rings. The van der Waals surface area contributed by atoms with E-state index in [1.54, 1.807) is 6.08 Å². The topological polar surface area (TPSA) is 153 Å². The molecule has 1 heterocycles. The van der Waals surface area contributed by atoms with Crippen molar-refractivity contribution in [1.29, 1.82) is 0 Å². The molecule has 11 atom stereocenters. The zero-order valence-electron chi connectivity index (χ0n) is 20.5. The molecular weight excluding hydrogens is 467 g/mol. The number of carboxylic acids is 1. The van der Waals surface area contributed by atoms with Gasteiger partial charge in [-0.3, -0.25) is 9.59 Å². The van der Waals surface area contributed by atoms with Crippen LogP contribution >= 0.6 is 0 Å². The van der Waals surface area contributed by atoms with E-state index in [2.05, 4.69) is 6.92 Å². The number of hydrogen-bond acceptors (Lipinski definition) is 9. The van der Waals surface area contributed by atoms with Crippen LogP contribution in [-0.2, 0) is 23.9 Å². The molecule has 0 aromatic heterocycles. The average molecular weight is 501 g/mol. The third kappa shape index (κ3) is 4.20. The number of carbonyl (C=O) groups is 3. The maximum Gasteiger partial charge on any atom is 1.00 e. The van der Waals surface area contributed by atoms with Gasteiger partial charge in [-0.1, -0.05) is 19.4 Å². The third-order valence-electron chi connectivity index (χ3n) is 9.66. The number of aliphatic carboxylic acids is 1. The van der Waals surface area contributed by atoms with Gasteiger partial charge in [0.1, 0.15) is 30.2 Å². The first-order valence-electron chi connectivity index (χ1n) is 12.3. The Hall–Kier alpha value is -0.650. The molecule has 1 aliphatic heterocycles. The monoisotopic (exact) mass is 500 g/mol. The van der Waals surface area contributed by atoms with Gasteiger partial charge in [0.2, 0.25) is 0 Å². The van der Waals surface area contributed by atoms with Crippen LogP contribution in [-0.4, -0.2) is 69.7 Å². The average Bonchev–Trinajstić information content (AvgIpc) is 3.09. The zero-order valence-corrected chi connectivity index (χ0v) is 22.5. The number of rotatable bonds is 3. The van der Waals surface area contributed by atoms with E-state index in [1.165, 1.54) is 0 Å². The molecule has 0 aromatic rings. The number of allylic oxidation sites excluding steroid dienone is 1. The molecule has 0 spiro atoms. The van der Waals surface area contributed by atoms with E-state index >= 15 is 0 Å². The van der Waals surface area contributed by atoms with Crippen molar-refractivity contribution in [3.63, 3.8) is 0 Å². The summed E-state index contributed by atoms with van der Waals surface area (Å²) < 4.78 is 11.4. The van der Waals surface area contributed by atoms with Gasteiger partial charge in [0.25, 0.3) is 0 Å². The number of carboxylic acid groups (broad SMARTS) is 1. The first-order chi connectivity index (χ1) is 16.0. The maximum atomic E-state index is 13.6. The van der Waals surface area contributed by atoms with Crippen LogP contribution in [0.25, 0.3) is 0 Å². The molecule has 9 nitrogen and oxygen atoms in total. The van der Waals surface area contributed by atoms with Crippen LogP contribution in [0.15, 0.2) is 11.6 Å². The molecule has 4 fully saturated rings. The Morgan fingerprint density at radius 1 is 1.09 bits per heavy atom. The van der Waals surface area contributed by atoms with Crippen LogP contribution < -0.4 is 34.7 Å². The van der Waals surface area contributed by atoms with Crippen LogP contribution in [0.5, 0.6) is 0 Å². The van der Waals surface area contributed by atoms with Crippen LogP contribution in [0.4, 0.5) is 0 Å². The maximum absolute atomic E-state index is 13.6. The van der Waals surface area contributed by atoms with Gasteiger partial charge in [-0.25, -0.2) is 0 Å². The van der Waals surface area contributed by atoms with Crippen LogP contribution in [0.1, 0.15) is 58.8 Å². The Labute approximate surface area is 226 Å². The second-order valence-corrected chi connectivity index (χ2v) is 11.4. The number of Topliss-reactive ketones (excluding diaryl/α,β-unsaturated/α-hetero) is 1. The molecule has 5 rings (SSSR count). The normalized spacial score (nSPS) is 49.3. The second kappa shape index (κ2) is 9.58. The number of aliphatic hydroxyl groups is 3. The first kappa shape index (κ1) is 27.4. The van der Waals surface area contributed by atoms with Crippen molar-refractivity contribution in [2.75, 3.05) is 0 Å². The van der Waals surface area contributed by atoms with Gasteiger partial charge >= 0.3 is 29.6 Å². The van der Waals surface area contributed by atoms with E-state index < -0.39 is 48.2 Å². The summed E-state index contributed by atoms with van der Waals surface area (Å²) in [5.74, 6) is -1.17. The standard InChI is InChI=1S/C25H34O9.Na/c1-24-8-7-12(26)9-11(24)3-4-13-14-5-6-16(25(14,2)10-15(27)17(13)24)33-23-20(30)18(28)19(29)21(34-23)22(31)32;/h9,13-14,16-21,23,28-30H,3-8,10H2,1-2H3,(H,31,32);/q;+1/p-1/t13-,14-,16-,17+,18-,19-,20+,21-,23+,24-,25-;/m0./s1. The summed E-state index contributed by atoms with van der Waals surface area (Å²) >= 11 is 0. The van der Waals surface area contributed by atoms with Gasteiger partial charge in [0, 0.05) is 24.2 Å². The molecule has 4 aliphatic carbocycles. The van der Waals surface area contributed by atoms with Crippen molar-refractivity contribution >= 4 is 17.5 Å². The molecule has 3 saturated carbocycles. The summed E-state index contributed by atoms with van der Waals surface area (Å²) in [7, 11) is 0. The number of carbonyl (C=O) groups excluding carboxylic acids is 3. The Kier molecular flexibility index (Phi) is 7.50. The summed E-state index contributed by atoms with van der Waals surface area (Å²) in [5.41, 5.74) is 0.285. The molecule has 0 unspecified atom stereocenters. The Balaban J connectivity index is 0.00000289. The number of hydrogen-bond donors (Lipinski definition) is 3. The van der Waals surface area contributed by atoms with E-state index in [9.17, 15) is 34.8 Å². The number of ether oxygens (including phenoxy) is 2. The fourth-order valence-corrected chi connectivity index (χ4v) is 7.88. The van der Waals surface area contributed by atoms with Gasteiger partial charge in [-0.2, -0.15) is 0 Å². The molecule has 10 heteroatoms. The van der Waals surface area contributed by atoms with Crippen molar-refractivity contribution in [1.82, 2.24) is 0 Å². The summed E-state index contributed by atoms with van der Waals surface area (Å²) in [6, 6.07) is 0. The van der Waals surface area contributed by atoms with Gasteiger partial charge in [-0.05, 0) is 55.4 Å². The SMILES string of the molecule is C[C@]12CC(=O)[C@H]3[C@@H](CCC4=CC(=O)CC[C@@]43C)[C@@H]1CC[C@@H]2O[C@@H]1O[C@H](C(=O)[O-])[C@@H](O)[C@H](O)[C@H]1O.[Na+]. The molecule has 0 aromatic carbocycles. The van der Waals surface area contributed by atoms with E-state index in [-0.39, 0.29) is 70.7 Å². The predicted molar refractivity (Wildman–Crippen MR) is 114 cm³/mol. The fraction of sp³-hybridized carbons (Fsp3) is 0.800. The quantitative estimate of drug-likeness (QED) is 0.337. The zero-order chi connectivity index (χ0) is 24.6. The Morgan fingerprint density at radius 2 is 1.80 bits per heavy atom. The van der Waals surface area contributed by atoms with E-state index in [0.717, 1.165) is 24.8 Å². The molecule has 35 heavy (non-hydrogen) atoms. The summed E-state index contributed by atoms with van der Waals surface area (Å²) in [4.78, 5) is 37.0. The number of fused-ring (bicyclic) bond motifs is 5. The molecule has 0 amide bonds. The Morgan fingerprint density at radius 3 is 2.49 bits per heavy atom. The smallest absolute Gasteiger partial charge is 0.547 e. The molecular formula is C25H33NaO9. The van der Waals surface area contributed by atoms with E-state index in [4.69, 9.17) is 9.47 Å². The summed E-state index contributed by atoms with van der Waals surface area (Å²) in [5, 5.41) is 41.8. The minimum atomic E-state index is -1.84. The minimum Gasteiger partial charge on any atom is -0.547 e. The summed E-state index contributed by atoms with van der Waals surface area (Å²) in [6.07, 6.45) is -2.73. The van der Waals surface area contributed by atoms with Crippen LogP contribution in [0, 0.1) is 28.6 Å². The van der Waals surface area contributed by atoms with E-state index in [0.29, 0.717) is 19.3 Å². The molecule has 3 N–H and O–H groups in total. The number of ketones is 2. The Bertz CT molecular complexity index is 936. The molecule has 188 valence electrons. The summed E-state index contributed by atoms with van der Waals surface area (Å²) in [6.45, 7) is 4.14. The third-order valence-corrected chi connectivity index (χ3v) is 9.66. The van der Waals surface area contributed by atoms with Crippen LogP contribution in [0.3, 0.4) is 0 Å². The van der Waals surface area contributed by atoms with Crippen LogP contribution in [0.2, 0.25) is 0 Å².